The van der Waals surface area contributed by atoms with Crippen LogP contribution in [0.2, 0.25) is 0 Å². The van der Waals surface area contributed by atoms with Crippen molar-refractivity contribution in [1.82, 2.24) is 9.38 Å². The lowest BCUT2D eigenvalue weighted by atomic mass is 10.1. The number of nitrogens with one attached hydrogen (secondary N) is 1. The zero-order valence-corrected chi connectivity index (χ0v) is 16.7. The Labute approximate surface area is 163 Å². The number of amides is 2. The van der Waals surface area contributed by atoms with Crippen LogP contribution in [-0.2, 0) is 9.53 Å². The minimum atomic E-state index is -0.570. The van der Waals surface area contributed by atoms with Crippen LogP contribution in [0.3, 0.4) is 0 Å². The van der Waals surface area contributed by atoms with Crippen LogP contribution in [0.15, 0.2) is 48.8 Å². The van der Waals surface area contributed by atoms with Crippen LogP contribution < -0.4 is 10.2 Å². The van der Waals surface area contributed by atoms with Gasteiger partial charge in [0.15, 0.2) is 0 Å². The first-order valence-electron chi connectivity index (χ1n) is 8.96. The summed E-state index contributed by atoms with van der Waals surface area (Å²) in [5, 5.41) is 2.78. The van der Waals surface area contributed by atoms with Crippen molar-refractivity contribution < 1.29 is 14.3 Å². The zero-order chi connectivity index (χ0) is 20.5. The Morgan fingerprint density at radius 2 is 1.93 bits per heavy atom. The van der Waals surface area contributed by atoms with E-state index in [1.165, 1.54) is 11.8 Å². The molecular formula is C21H24N4O3. The van der Waals surface area contributed by atoms with Gasteiger partial charge in [0, 0.05) is 31.4 Å². The number of aromatic nitrogens is 2. The Balaban J connectivity index is 1.97. The van der Waals surface area contributed by atoms with Gasteiger partial charge in [-0.25, -0.2) is 9.78 Å². The Hall–Kier alpha value is -3.35. The van der Waals surface area contributed by atoms with Crippen LogP contribution in [0.25, 0.3) is 16.9 Å². The molecule has 0 bridgehead atoms. The molecule has 0 saturated carbocycles. The van der Waals surface area contributed by atoms with Gasteiger partial charge in [0.05, 0.1) is 17.6 Å². The maximum Gasteiger partial charge on any atom is 0.414 e. The van der Waals surface area contributed by atoms with E-state index in [2.05, 4.69) is 10.3 Å². The fourth-order valence-electron chi connectivity index (χ4n) is 2.78. The molecule has 0 radical (unpaired) electrons. The topological polar surface area (TPSA) is 75.9 Å². The lowest BCUT2D eigenvalue weighted by Crippen LogP contribution is -2.34. The van der Waals surface area contributed by atoms with Gasteiger partial charge in [-0.1, -0.05) is 12.1 Å². The summed E-state index contributed by atoms with van der Waals surface area (Å²) in [4.78, 5) is 29.6. The Bertz CT molecular complexity index is 1030. The van der Waals surface area contributed by atoms with E-state index < -0.39 is 11.7 Å². The molecule has 7 nitrogen and oxygen atoms in total. The molecule has 146 valence electrons. The van der Waals surface area contributed by atoms with Gasteiger partial charge in [-0.05, 0) is 45.0 Å². The van der Waals surface area contributed by atoms with Crippen LogP contribution in [-0.4, -0.2) is 34.0 Å². The lowest BCUT2D eigenvalue weighted by Gasteiger charge is -2.24. The fraction of sp³-hybridized carbons (Fsp3) is 0.286. The second-order valence-electron chi connectivity index (χ2n) is 7.56. The molecule has 7 heteroatoms. The number of carbonyl (C=O) groups excluding carboxylic acids is 2. The number of benzene rings is 1. The standard InChI is InChI=1S/C21H24N4O3/c1-14(26)23-16-8-6-7-15(11-16)18-12-22-19-10-9-17(13-25(18)19)24(5)20(27)28-21(2,3)4/h6-13H,1-5H3,(H,23,26). The van der Waals surface area contributed by atoms with Crippen molar-refractivity contribution in [2.24, 2.45) is 0 Å². The van der Waals surface area contributed by atoms with Gasteiger partial charge in [-0.2, -0.15) is 0 Å². The number of ether oxygens (including phenoxy) is 1. The highest BCUT2D eigenvalue weighted by molar-refractivity contribution is 5.90. The summed E-state index contributed by atoms with van der Waals surface area (Å²) in [6, 6.07) is 11.2. The zero-order valence-electron chi connectivity index (χ0n) is 16.7. The summed E-state index contributed by atoms with van der Waals surface area (Å²) < 4.78 is 7.34. The highest BCUT2D eigenvalue weighted by atomic mass is 16.6. The van der Waals surface area contributed by atoms with Crippen molar-refractivity contribution in [2.45, 2.75) is 33.3 Å². The quantitative estimate of drug-likeness (QED) is 0.734. The molecule has 0 aliphatic carbocycles. The van der Waals surface area contributed by atoms with E-state index in [0.29, 0.717) is 11.4 Å². The number of imidazole rings is 1. The van der Waals surface area contributed by atoms with Crippen LogP contribution in [0.1, 0.15) is 27.7 Å². The van der Waals surface area contributed by atoms with Gasteiger partial charge in [-0.15, -0.1) is 0 Å². The monoisotopic (exact) mass is 380 g/mol. The molecule has 0 fully saturated rings. The second-order valence-corrected chi connectivity index (χ2v) is 7.56. The van der Waals surface area contributed by atoms with Gasteiger partial charge in [-0.3, -0.25) is 14.1 Å². The van der Waals surface area contributed by atoms with E-state index >= 15 is 0 Å². The van der Waals surface area contributed by atoms with Gasteiger partial charge in [0.2, 0.25) is 5.91 Å². The second kappa shape index (κ2) is 7.34. The highest BCUT2D eigenvalue weighted by Gasteiger charge is 2.21. The molecule has 2 aromatic heterocycles. The minimum absolute atomic E-state index is 0.128. The Morgan fingerprint density at radius 3 is 2.61 bits per heavy atom. The van der Waals surface area contributed by atoms with Crippen LogP contribution in [0.5, 0.6) is 0 Å². The van der Waals surface area contributed by atoms with E-state index in [-0.39, 0.29) is 5.91 Å². The number of fused-ring (bicyclic) bond motifs is 1. The van der Waals surface area contributed by atoms with Crippen molar-refractivity contribution in [3.05, 3.63) is 48.8 Å². The molecule has 2 heterocycles. The number of rotatable bonds is 3. The lowest BCUT2D eigenvalue weighted by molar-refractivity contribution is -0.114. The van der Waals surface area contributed by atoms with Crippen molar-refractivity contribution >= 4 is 29.0 Å². The summed E-state index contributed by atoms with van der Waals surface area (Å²) in [6.07, 6.45) is 3.17. The molecule has 1 N–H and O–H groups in total. The van der Waals surface area contributed by atoms with Crippen molar-refractivity contribution in [1.29, 1.82) is 0 Å². The summed E-state index contributed by atoms with van der Waals surface area (Å²) >= 11 is 0. The van der Waals surface area contributed by atoms with Crippen LogP contribution in [0.4, 0.5) is 16.2 Å². The van der Waals surface area contributed by atoms with Gasteiger partial charge < -0.3 is 10.1 Å². The third-order valence-corrected chi connectivity index (χ3v) is 4.02. The molecule has 0 spiro atoms. The molecule has 0 atom stereocenters. The average molecular weight is 380 g/mol. The van der Waals surface area contributed by atoms with E-state index in [0.717, 1.165) is 16.9 Å². The predicted molar refractivity (Wildman–Crippen MR) is 110 cm³/mol. The molecule has 3 aromatic rings. The maximum atomic E-state index is 12.4. The molecule has 1 aromatic carbocycles. The molecular weight excluding hydrogens is 356 g/mol. The predicted octanol–water partition coefficient (Wildman–Crippen LogP) is 4.33. The summed E-state index contributed by atoms with van der Waals surface area (Å²) in [5.41, 5.74) is 3.32. The Morgan fingerprint density at radius 1 is 1.18 bits per heavy atom. The first-order chi connectivity index (χ1) is 13.1. The van der Waals surface area contributed by atoms with Crippen LogP contribution >= 0.6 is 0 Å². The average Bonchev–Trinajstić information content (AvgIpc) is 3.02. The fourth-order valence-corrected chi connectivity index (χ4v) is 2.78. The first kappa shape index (κ1) is 19.4. The number of carbonyl (C=O) groups is 2. The van der Waals surface area contributed by atoms with E-state index in [1.54, 1.807) is 13.2 Å². The Kier molecular flexibility index (Phi) is 5.09. The number of hydrogen-bond acceptors (Lipinski definition) is 4. The summed E-state index contributed by atoms with van der Waals surface area (Å²) in [7, 11) is 1.67. The molecule has 0 unspecified atom stereocenters. The number of nitrogens with zero attached hydrogens (tertiary/aromatic N) is 3. The minimum Gasteiger partial charge on any atom is -0.443 e. The van der Waals surface area contributed by atoms with E-state index in [9.17, 15) is 9.59 Å². The largest absolute Gasteiger partial charge is 0.443 e. The third-order valence-electron chi connectivity index (χ3n) is 4.02. The normalized spacial score (nSPS) is 11.3. The number of anilines is 2. The molecule has 0 aliphatic rings. The van der Waals surface area contributed by atoms with Crippen LogP contribution in [0, 0.1) is 0 Å². The smallest absolute Gasteiger partial charge is 0.414 e. The van der Waals surface area contributed by atoms with Gasteiger partial charge >= 0.3 is 6.09 Å². The molecule has 0 saturated heterocycles. The van der Waals surface area contributed by atoms with E-state index in [1.807, 2.05) is 67.8 Å². The highest BCUT2D eigenvalue weighted by Crippen LogP contribution is 2.26. The van der Waals surface area contributed by atoms with Crippen molar-refractivity contribution in [3.63, 3.8) is 0 Å². The molecule has 2 amide bonds. The summed E-state index contributed by atoms with van der Waals surface area (Å²) in [5.74, 6) is -0.128. The summed E-state index contributed by atoms with van der Waals surface area (Å²) in [6.45, 7) is 6.97. The van der Waals surface area contributed by atoms with E-state index in [4.69, 9.17) is 4.74 Å². The molecule has 28 heavy (non-hydrogen) atoms. The van der Waals surface area contributed by atoms with Gasteiger partial charge in [0.25, 0.3) is 0 Å². The molecule has 3 rings (SSSR count). The first-order valence-corrected chi connectivity index (χ1v) is 8.96. The van der Waals surface area contributed by atoms with Crippen molar-refractivity contribution in [3.8, 4) is 11.3 Å². The molecule has 0 aliphatic heterocycles. The third kappa shape index (κ3) is 4.31. The van der Waals surface area contributed by atoms with Gasteiger partial charge in [0.1, 0.15) is 11.2 Å². The maximum absolute atomic E-state index is 12.4. The number of pyridine rings is 1. The SMILES string of the molecule is CC(=O)Nc1cccc(-c2cnc3ccc(N(C)C(=O)OC(C)(C)C)cn23)c1. The number of hydrogen-bond donors (Lipinski definition) is 1. The van der Waals surface area contributed by atoms with Crippen molar-refractivity contribution in [2.75, 3.05) is 17.3 Å².